The van der Waals surface area contributed by atoms with Gasteiger partial charge in [0.2, 0.25) is 5.91 Å². The smallest absolute Gasteiger partial charge is 0.243 e. The summed E-state index contributed by atoms with van der Waals surface area (Å²) in [4.78, 5) is 27.5. The molecule has 1 atom stereocenters. The summed E-state index contributed by atoms with van der Waals surface area (Å²) in [6.07, 6.45) is 4.55. The number of nitrogens with zero attached hydrogens (tertiary/aromatic N) is 1. The Labute approximate surface area is 116 Å². The third kappa shape index (κ3) is 3.76. The Balaban J connectivity index is 0.00000162. The molecule has 0 aliphatic carbocycles. The SMILES string of the molecule is CC(=O)c1cnc(NC(=O)C2CCCCN2)s1.Cl. The number of carbonyl (C=O) groups excluding carboxylic acids is 2. The van der Waals surface area contributed by atoms with Gasteiger partial charge in [-0.05, 0) is 19.4 Å². The van der Waals surface area contributed by atoms with Crippen molar-refractivity contribution in [2.45, 2.75) is 32.2 Å². The van der Waals surface area contributed by atoms with Gasteiger partial charge in [0.25, 0.3) is 0 Å². The highest BCUT2D eigenvalue weighted by Crippen LogP contribution is 2.19. The fourth-order valence-corrected chi connectivity index (χ4v) is 2.48. The number of Topliss-reactive ketones (excluding diaryl/α,β-unsaturated/α-hetero) is 1. The van der Waals surface area contributed by atoms with Crippen molar-refractivity contribution in [3.8, 4) is 0 Å². The highest BCUT2D eigenvalue weighted by Gasteiger charge is 2.21. The Morgan fingerprint density at radius 1 is 1.50 bits per heavy atom. The van der Waals surface area contributed by atoms with E-state index in [0.29, 0.717) is 10.0 Å². The van der Waals surface area contributed by atoms with E-state index in [1.54, 1.807) is 0 Å². The molecular weight excluding hydrogens is 274 g/mol. The lowest BCUT2D eigenvalue weighted by Crippen LogP contribution is -2.43. The second-order valence-electron chi connectivity index (χ2n) is 4.08. The summed E-state index contributed by atoms with van der Waals surface area (Å²) in [6.45, 7) is 2.37. The minimum Gasteiger partial charge on any atom is -0.306 e. The van der Waals surface area contributed by atoms with Gasteiger partial charge in [0.15, 0.2) is 10.9 Å². The second kappa shape index (κ2) is 6.82. The van der Waals surface area contributed by atoms with Crippen LogP contribution in [0.5, 0.6) is 0 Å². The molecule has 1 aliphatic rings. The summed E-state index contributed by atoms with van der Waals surface area (Å²) in [7, 11) is 0. The predicted molar refractivity (Wildman–Crippen MR) is 73.6 cm³/mol. The number of amides is 1. The number of carbonyl (C=O) groups is 2. The lowest BCUT2D eigenvalue weighted by molar-refractivity contribution is -0.118. The van der Waals surface area contributed by atoms with E-state index in [-0.39, 0.29) is 30.1 Å². The number of nitrogens with one attached hydrogen (secondary N) is 2. The molecule has 0 saturated carbocycles. The van der Waals surface area contributed by atoms with E-state index in [0.717, 1.165) is 25.8 Å². The highest BCUT2D eigenvalue weighted by atomic mass is 35.5. The minimum absolute atomic E-state index is 0. The summed E-state index contributed by atoms with van der Waals surface area (Å²) < 4.78 is 0. The third-order valence-electron chi connectivity index (χ3n) is 2.71. The van der Waals surface area contributed by atoms with Gasteiger partial charge in [0.05, 0.1) is 17.1 Å². The number of halogens is 1. The van der Waals surface area contributed by atoms with E-state index in [1.165, 1.54) is 24.5 Å². The zero-order valence-corrected chi connectivity index (χ0v) is 11.7. The Bertz CT molecular complexity index is 430. The van der Waals surface area contributed by atoms with E-state index in [4.69, 9.17) is 0 Å². The van der Waals surface area contributed by atoms with Gasteiger partial charge >= 0.3 is 0 Å². The highest BCUT2D eigenvalue weighted by molar-refractivity contribution is 7.17. The molecule has 100 valence electrons. The van der Waals surface area contributed by atoms with Crippen molar-refractivity contribution in [2.24, 2.45) is 0 Å². The average molecular weight is 290 g/mol. The van der Waals surface area contributed by atoms with Crippen molar-refractivity contribution in [3.63, 3.8) is 0 Å². The van der Waals surface area contributed by atoms with Crippen LogP contribution in [-0.2, 0) is 4.79 Å². The van der Waals surface area contributed by atoms with Crippen molar-refractivity contribution < 1.29 is 9.59 Å². The summed E-state index contributed by atoms with van der Waals surface area (Å²) in [5, 5.41) is 6.40. The van der Waals surface area contributed by atoms with Crippen LogP contribution in [0.4, 0.5) is 5.13 Å². The molecule has 0 bridgehead atoms. The van der Waals surface area contributed by atoms with E-state index in [2.05, 4.69) is 15.6 Å². The normalized spacial score (nSPS) is 18.8. The largest absolute Gasteiger partial charge is 0.306 e. The fraction of sp³-hybridized carbons (Fsp3) is 0.545. The maximum atomic E-state index is 11.9. The van der Waals surface area contributed by atoms with Crippen LogP contribution in [0.15, 0.2) is 6.20 Å². The first-order valence-corrected chi connectivity index (χ1v) is 6.49. The van der Waals surface area contributed by atoms with Gasteiger partial charge in [-0.1, -0.05) is 17.8 Å². The molecule has 0 radical (unpaired) electrons. The van der Waals surface area contributed by atoms with Crippen LogP contribution in [0.25, 0.3) is 0 Å². The van der Waals surface area contributed by atoms with Gasteiger partial charge in [0.1, 0.15) is 0 Å². The van der Waals surface area contributed by atoms with Crippen molar-refractivity contribution in [1.82, 2.24) is 10.3 Å². The first-order chi connectivity index (χ1) is 8.16. The Hall–Kier alpha value is -0.980. The first kappa shape index (κ1) is 15.1. The van der Waals surface area contributed by atoms with Crippen molar-refractivity contribution in [1.29, 1.82) is 0 Å². The molecule has 5 nitrogen and oxygen atoms in total. The molecule has 18 heavy (non-hydrogen) atoms. The van der Waals surface area contributed by atoms with Crippen molar-refractivity contribution in [3.05, 3.63) is 11.1 Å². The van der Waals surface area contributed by atoms with Gasteiger partial charge < -0.3 is 10.6 Å². The maximum Gasteiger partial charge on any atom is 0.243 e. The van der Waals surface area contributed by atoms with Crippen LogP contribution in [0, 0.1) is 0 Å². The van der Waals surface area contributed by atoms with E-state index >= 15 is 0 Å². The Kier molecular flexibility index (Phi) is 5.71. The number of hydrogen-bond acceptors (Lipinski definition) is 5. The summed E-state index contributed by atoms with van der Waals surface area (Å²) in [5.74, 6) is -0.0899. The molecule has 0 aromatic carbocycles. The van der Waals surface area contributed by atoms with Gasteiger partial charge in [-0.15, -0.1) is 12.4 Å². The van der Waals surface area contributed by atoms with Gasteiger partial charge in [0, 0.05) is 6.92 Å². The van der Waals surface area contributed by atoms with Crippen molar-refractivity contribution >= 4 is 40.6 Å². The zero-order chi connectivity index (χ0) is 12.3. The number of hydrogen-bond donors (Lipinski definition) is 2. The predicted octanol–water partition coefficient (Wildman–Crippen LogP) is 1.85. The molecule has 1 aromatic heterocycles. The first-order valence-electron chi connectivity index (χ1n) is 5.68. The number of aromatic nitrogens is 1. The summed E-state index contributed by atoms with van der Waals surface area (Å²) >= 11 is 1.21. The topological polar surface area (TPSA) is 71.1 Å². The quantitative estimate of drug-likeness (QED) is 0.833. The van der Waals surface area contributed by atoms with E-state index < -0.39 is 0 Å². The van der Waals surface area contributed by atoms with Crippen LogP contribution in [-0.4, -0.2) is 29.3 Å². The molecule has 1 unspecified atom stereocenters. The van der Waals surface area contributed by atoms with Crippen LogP contribution in [0.2, 0.25) is 0 Å². The van der Waals surface area contributed by atoms with Gasteiger partial charge in [-0.25, -0.2) is 4.98 Å². The molecule has 0 spiro atoms. The van der Waals surface area contributed by atoms with Crippen LogP contribution in [0.1, 0.15) is 35.9 Å². The summed E-state index contributed by atoms with van der Waals surface area (Å²) in [5.41, 5.74) is 0. The molecule has 2 N–H and O–H groups in total. The van der Waals surface area contributed by atoms with Crippen molar-refractivity contribution in [2.75, 3.05) is 11.9 Å². The lowest BCUT2D eigenvalue weighted by Gasteiger charge is -2.21. The molecule has 1 amide bonds. The van der Waals surface area contributed by atoms with E-state index in [9.17, 15) is 9.59 Å². The monoisotopic (exact) mass is 289 g/mol. The number of ketones is 1. The maximum absolute atomic E-state index is 11.9. The molecule has 1 saturated heterocycles. The minimum atomic E-state index is -0.131. The van der Waals surface area contributed by atoms with Crippen LogP contribution in [0.3, 0.4) is 0 Å². The molecular formula is C11H16ClN3O2S. The molecule has 7 heteroatoms. The van der Waals surface area contributed by atoms with Crippen LogP contribution < -0.4 is 10.6 Å². The average Bonchev–Trinajstić information content (AvgIpc) is 2.79. The van der Waals surface area contributed by atoms with Crippen LogP contribution >= 0.6 is 23.7 Å². The number of rotatable bonds is 3. The molecule has 1 aliphatic heterocycles. The van der Waals surface area contributed by atoms with E-state index in [1.807, 2.05) is 0 Å². The summed E-state index contributed by atoms with van der Waals surface area (Å²) in [6, 6.07) is -0.131. The standard InChI is InChI=1S/C11H15N3O2S.ClH/c1-7(15)9-6-13-11(17-9)14-10(16)8-4-2-3-5-12-8;/h6,8,12H,2-5H2,1H3,(H,13,14,16);1H. The second-order valence-corrected chi connectivity index (χ2v) is 5.11. The molecule has 2 heterocycles. The number of piperidine rings is 1. The Morgan fingerprint density at radius 2 is 2.28 bits per heavy atom. The van der Waals surface area contributed by atoms with Gasteiger partial charge in [-0.3, -0.25) is 9.59 Å². The van der Waals surface area contributed by atoms with Gasteiger partial charge in [-0.2, -0.15) is 0 Å². The Morgan fingerprint density at radius 3 is 2.83 bits per heavy atom. The molecule has 1 aromatic rings. The molecule has 2 rings (SSSR count). The lowest BCUT2D eigenvalue weighted by atomic mass is 10.0. The molecule has 1 fully saturated rings. The number of thiazole rings is 1. The third-order valence-corrected chi connectivity index (χ3v) is 3.72. The zero-order valence-electron chi connectivity index (χ0n) is 10.1. The number of anilines is 1. The fourth-order valence-electron chi connectivity index (χ4n) is 1.76.